The van der Waals surface area contributed by atoms with Gasteiger partial charge in [-0.1, -0.05) is 35.5 Å². The molecule has 5 nitrogen and oxygen atoms in total. The second kappa shape index (κ2) is 6.18. The molecule has 0 aliphatic carbocycles. The molecule has 3 aromatic rings. The molecule has 3 rings (SSSR count). The lowest BCUT2D eigenvalue weighted by Crippen LogP contribution is -2.11. The van der Waals surface area contributed by atoms with E-state index in [2.05, 4.69) is 10.5 Å². The summed E-state index contributed by atoms with van der Waals surface area (Å²) < 4.78 is 5.35. The van der Waals surface area contributed by atoms with Crippen LogP contribution >= 0.6 is 11.3 Å². The zero-order chi connectivity index (χ0) is 16.4. The van der Waals surface area contributed by atoms with Gasteiger partial charge in [0.05, 0.1) is 4.88 Å². The number of Topliss-reactive ketones (excluding diaryl/α,β-unsaturated/α-hetero) is 1. The quantitative estimate of drug-likeness (QED) is 0.730. The molecule has 2 heterocycles. The summed E-state index contributed by atoms with van der Waals surface area (Å²) in [5.74, 6) is 0.164. The number of rotatable bonds is 4. The van der Waals surface area contributed by atoms with E-state index < -0.39 is 0 Å². The zero-order valence-corrected chi connectivity index (χ0v) is 13.4. The number of nitrogens with one attached hydrogen (secondary N) is 1. The molecule has 0 bridgehead atoms. The number of amides is 1. The van der Waals surface area contributed by atoms with E-state index in [0.29, 0.717) is 27.6 Å². The molecule has 0 aliphatic rings. The predicted octanol–water partition coefficient (Wildman–Crippen LogP) is 4.17. The van der Waals surface area contributed by atoms with Gasteiger partial charge < -0.3 is 9.84 Å². The van der Waals surface area contributed by atoms with Gasteiger partial charge in [0.1, 0.15) is 11.4 Å². The van der Waals surface area contributed by atoms with E-state index >= 15 is 0 Å². The number of aromatic nitrogens is 1. The standard InChI is InChI=1S/C17H14N2O3S/c1-10-15(16(22-19-10)12-6-4-3-5-7-12)18-17(21)14-8-13(9-23-14)11(2)20/h3-9H,1-2H3,(H,18,21). The molecule has 1 aromatic carbocycles. The van der Waals surface area contributed by atoms with Gasteiger partial charge in [-0.05, 0) is 19.9 Å². The van der Waals surface area contributed by atoms with Crippen molar-refractivity contribution in [3.05, 3.63) is 57.9 Å². The van der Waals surface area contributed by atoms with Gasteiger partial charge in [-0.15, -0.1) is 11.3 Å². The van der Waals surface area contributed by atoms with Crippen LogP contribution in [0.25, 0.3) is 11.3 Å². The summed E-state index contributed by atoms with van der Waals surface area (Å²) in [7, 11) is 0. The highest BCUT2D eigenvalue weighted by atomic mass is 32.1. The van der Waals surface area contributed by atoms with Crippen LogP contribution < -0.4 is 5.32 Å². The van der Waals surface area contributed by atoms with Gasteiger partial charge in [0.25, 0.3) is 5.91 Å². The first kappa shape index (κ1) is 15.2. The van der Waals surface area contributed by atoms with Crippen molar-refractivity contribution >= 4 is 28.7 Å². The number of hydrogen-bond acceptors (Lipinski definition) is 5. The Morgan fingerprint density at radius 1 is 1.22 bits per heavy atom. The fraction of sp³-hybridized carbons (Fsp3) is 0.118. The highest BCUT2D eigenvalue weighted by Crippen LogP contribution is 2.31. The maximum absolute atomic E-state index is 12.4. The fourth-order valence-corrected chi connectivity index (χ4v) is 2.96. The SMILES string of the molecule is CC(=O)c1csc(C(=O)Nc2c(C)noc2-c2ccccc2)c1. The lowest BCUT2D eigenvalue weighted by Gasteiger charge is -2.04. The van der Waals surface area contributed by atoms with Crippen LogP contribution in [-0.2, 0) is 0 Å². The fourth-order valence-electron chi connectivity index (χ4n) is 2.12. The summed E-state index contributed by atoms with van der Waals surface area (Å²) in [6, 6.07) is 11.0. The second-order valence-electron chi connectivity index (χ2n) is 5.05. The van der Waals surface area contributed by atoms with Crippen LogP contribution in [0, 0.1) is 6.92 Å². The Balaban J connectivity index is 1.89. The van der Waals surface area contributed by atoms with Crippen LogP contribution in [0.2, 0.25) is 0 Å². The van der Waals surface area contributed by atoms with Gasteiger partial charge >= 0.3 is 0 Å². The monoisotopic (exact) mass is 326 g/mol. The molecule has 0 aliphatic heterocycles. The maximum atomic E-state index is 12.4. The van der Waals surface area contributed by atoms with E-state index in [1.54, 1.807) is 18.4 Å². The van der Waals surface area contributed by atoms with Crippen LogP contribution in [0.4, 0.5) is 5.69 Å². The number of benzene rings is 1. The molecule has 0 spiro atoms. The third kappa shape index (κ3) is 3.07. The van der Waals surface area contributed by atoms with Crippen LogP contribution in [0.15, 0.2) is 46.3 Å². The number of carbonyl (C=O) groups excluding carboxylic acids is 2. The van der Waals surface area contributed by atoms with Gasteiger partial charge in [0.15, 0.2) is 11.5 Å². The lowest BCUT2D eigenvalue weighted by molar-refractivity contribution is 0.101. The molecule has 0 saturated carbocycles. The van der Waals surface area contributed by atoms with Crippen LogP contribution in [-0.4, -0.2) is 16.8 Å². The largest absolute Gasteiger partial charge is 0.354 e. The normalized spacial score (nSPS) is 10.5. The minimum Gasteiger partial charge on any atom is -0.354 e. The molecule has 6 heteroatoms. The average molecular weight is 326 g/mol. The van der Waals surface area contributed by atoms with Crippen LogP contribution in [0.1, 0.15) is 32.6 Å². The van der Waals surface area contributed by atoms with Crippen molar-refractivity contribution in [1.29, 1.82) is 0 Å². The molecular weight excluding hydrogens is 312 g/mol. The maximum Gasteiger partial charge on any atom is 0.265 e. The number of anilines is 1. The summed E-state index contributed by atoms with van der Waals surface area (Å²) in [5, 5.41) is 8.44. The number of thiophene rings is 1. The van der Waals surface area contributed by atoms with Gasteiger partial charge in [-0.2, -0.15) is 0 Å². The molecule has 2 aromatic heterocycles. The van der Waals surface area contributed by atoms with Gasteiger partial charge in [-0.25, -0.2) is 0 Å². The van der Waals surface area contributed by atoms with Crippen LogP contribution in [0.3, 0.4) is 0 Å². The average Bonchev–Trinajstić information content (AvgIpc) is 3.16. The number of carbonyl (C=O) groups is 2. The van der Waals surface area contributed by atoms with E-state index in [-0.39, 0.29) is 11.7 Å². The number of ketones is 1. The topological polar surface area (TPSA) is 72.2 Å². The summed E-state index contributed by atoms with van der Waals surface area (Å²) in [6.07, 6.45) is 0. The summed E-state index contributed by atoms with van der Waals surface area (Å²) in [5.41, 5.74) is 2.50. The summed E-state index contributed by atoms with van der Waals surface area (Å²) in [4.78, 5) is 24.2. The Labute approximate surface area is 136 Å². The molecule has 1 amide bonds. The lowest BCUT2D eigenvalue weighted by atomic mass is 10.1. The number of nitrogens with zero attached hydrogens (tertiary/aromatic N) is 1. The second-order valence-corrected chi connectivity index (χ2v) is 5.96. The van der Waals surface area contributed by atoms with Crippen molar-refractivity contribution in [2.75, 3.05) is 5.32 Å². The Hall–Kier alpha value is -2.73. The van der Waals surface area contributed by atoms with E-state index in [0.717, 1.165) is 5.56 Å². The first-order chi connectivity index (χ1) is 11.1. The van der Waals surface area contributed by atoms with Crippen molar-refractivity contribution in [3.8, 4) is 11.3 Å². The highest BCUT2D eigenvalue weighted by Gasteiger charge is 2.19. The van der Waals surface area contributed by atoms with Gasteiger partial charge in [0.2, 0.25) is 0 Å². The van der Waals surface area contributed by atoms with Crippen molar-refractivity contribution in [1.82, 2.24) is 5.16 Å². The van der Waals surface area contributed by atoms with Crippen molar-refractivity contribution < 1.29 is 14.1 Å². The van der Waals surface area contributed by atoms with E-state index in [4.69, 9.17) is 4.52 Å². The summed E-state index contributed by atoms with van der Waals surface area (Å²) >= 11 is 1.23. The molecule has 0 unspecified atom stereocenters. The molecule has 0 atom stereocenters. The molecular formula is C17H14N2O3S. The Morgan fingerprint density at radius 2 is 1.96 bits per heavy atom. The molecule has 0 saturated heterocycles. The molecule has 23 heavy (non-hydrogen) atoms. The van der Waals surface area contributed by atoms with E-state index in [9.17, 15) is 9.59 Å². The third-order valence-electron chi connectivity index (χ3n) is 3.37. The first-order valence-corrected chi connectivity index (χ1v) is 7.86. The van der Waals surface area contributed by atoms with E-state index in [1.165, 1.54) is 18.3 Å². The van der Waals surface area contributed by atoms with Crippen LogP contribution in [0.5, 0.6) is 0 Å². The van der Waals surface area contributed by atoms with Gasteiger partial charge in [0, 0.05) is 16.5 Å². The zero-order valence-electron chi connectivity index (χ0n) is 12.6. The smallest absolute Gasteiger partial charge is 0.265 e. The Bertz CT molecular complexity index is 865. The molecule has 116 valence electrons. The third-order valence-corrected chi connectivity index (χ3v) is 4.30. The van der Waals surface area contributed by atoms with Crippen molar-refractivity contribution in [2.24, 2.45) is 0 Å². The number of hydrogen-bond donors (Lipinski definition) is 1. The Kier molecular flexibility index (Phi) is 4.08. The minimum atomic E-state index is -0.286. The molecule has 0 fully saturated rings. The van der Waals surface area contributed by atoms with Crippen molar-refractivity contribution in [2.45, 2.75) is 13.8 Å². The minimum absolute atomic E-state index is 0.0635. The van der Waals surface area contributed by atoms with Crippen molar-refractivity contribution in [3.63, 3.8) is 0 Å². The summed E-state index contributed by atoms with van der Waals surface area (Å²) in [6.45, 7) is 3.24. The Morgan fingerprint density at radius 3 is 2.61 bits per heavy atom. The highest BCUT2D eigenvalue weighted by molar-refractivity contribution is 7.12. The number of aryl methyl sites for hydroxylation is 1. The molecule has 0 radical (unpaired) electrons. The van der Waals surface area contributed by atoms with Gasteiger partial charge in [-0.3, -0.25) is 9.59 Å². The van der Waals surface area contributed by atoms with E-state index in [1.807, 2.05) is 30.3 Å². The predicted molar refractivity (Wildman–Crippen MR) is 89.0 cm³/mol. The molecule has 1 N–H and O–H groups in total. The first-order valence-electron chi connectivity index (χ1n) is 6.99.